The van der Waals surface area contributed by atoms with Crippen molar-refractivity contribution in [3.8, 4) is 11.5 Å². The third-order valence-electron chi connectivity index (χ3n) is 4.38. The van der Waals surface area contributed by atoms with E-state index < -0.39 is 23.8 Å². The van der Waals surface area contributed by atoms with Crippen molar-refractivity contribution in [1.29, 1.82) is 0 Å². The van der Waals surface area contributed by atoms with Crippen LogP contribution in [-0.2, 0) is 9.59 Å². The fraction of sp³-hybridized carbons (Fsp3) is 0.273. The molecule has 0 aliphatic rings. The molecule has 0 saturated carbocycles. The van der Waals surface area contributed by atoms with Crippen LogP contribution in [0.1, 0.15) is 29.8 Å². The number of hydrogen-bond acceptors (Lipinski definition) is 6. The maximum atomic E-state index is 12.7. The van der Waals surface area contributed by atoms with Crippen LogP contribution in [0.5, 0.6) is 11.5 Å². The zero-order valence-electron chi connectivity index (χ0n) is 18.2. The summed E-state index contributed by atoms with van der Waals surface area (Å²) in [5, 5.41) is 7.16. The van der Waals surface area contributed by atoms with Crippen LogP contribution in [0.2, 0.25) is 10.0 Å². The van der Waals surface area contributed by atoms with E-state index in [0.29, 0.717) is 16.3 Å². The molecule has 176 valence electrons. The van der Waals surface area contributed by atoms with Gasteiger partial charge in [0.25, 0.3) is 17.7 Å². The summed E-state index contributed by atoms with van der Waals surface area (Å²) < 4.78 is 10.6. The smallest absolute Gasteiger partial charge is 0.262 e. The Labute approximate surface area is 201 Å². The number of ether oxygens (including phenoxy) is 2. The number of carbonyl (C=O) groups is 3. The van der Waals surface area contributed by atoms with Gasteiger partial charge in [-0.3, -0.25) is 14.4 Å². The van der Waals surface area contributed by atoms with Crippen LogP contribution >= 0.6 is 23.2 Å². The average molecular weight is 495 g/mol. The second kappa shape index (κ2) is 12.1. The zero-order chi connectivity index (χ0) is 24.5. The molecule has 4 N–H and O–H groups in total. The van der Waals surface area contributed by atoms with Gasteiger partial charge >= 0.3 is 0 Å². The Hall–Kier alpha value is -3.30. The lowest BCUT2D eigenvalue weighted by molar-refractivity contribution is -0.124. The van der Waals surface area contributed by atoms with E-state index in [9.17, 15) is 14.4 Å². The van der Waals surface area contributed by atoms with Gasteiger partial charge in [0, 0.05) is 11.1 Å². The zero-order valence-corrected chi connectivity index (χ0v) is 19.7. The fourth-order valence-corrected chi connectivity index (χ4v) is 3.02. The van der Waals surface area contributed by atoms with Gasteiger partial charge in [-0.1, -0.05) is 43.1 Å². The van der Waals surface area contributed by atoms with Crippen LogP contribution in [0.4, 0.5) is 0 Å². The van der Waals surface area contributed by atoms with Crippen LogP contribution in [0, 0.1) is 5.92 Å². The Kier molecular flexibility index (Phi) is 9.50. The minimum atomic E-state index is -0.875. The van der Waals surface area contributed by atoms with E-state index >= 15 is 0 Å². The van der Waals surface area contributed by atoms with E-state index in [0.717, 1.165) is 0 Å². The number of nitrogens with zero attached hydrogens (tertiary/aromatic N) is 1. The molecule has 0 fully saturated rings. The predicted octanol–water partition coefficient (Wildman–Crippen LogP) is 2.77. The van der Waals surface area contributed by atoms with Crippen LogP contribution in [0.3, 0.4) is 0 Å². The molecule has 0 spiro atoms. The number of amides is 3. The minimum absolute atomic E-state index is 0.229. The molecular formula is C22H24Cl2N4O5. The topological polar surface area (TPSA) is 132 Å². The van der Waals surface area contributed by atoms with E-state index in [1.165, 1.54) is 31.5 Å². The van der Waals surface area contributed by atoms with Gasteiger partial charge in [0.2, 0.25) is 0 Å². The number of hydrazone groups is 1. The van der Waals surface area contributed by atoms with Crippen molar-refractivity contribution in [3.05, 3.63) is 57.6 Å². The number of para-hydroxylation sites is 1. The first-order valence-corrected chi connectivity index (χ1v) is 10.6. The first-order chi connectivity index (χ1) is 15.6. The van der Waals surface area contributed by atoms with Crippen molar-refractivity contribution in [2.75, 3.05) is 13.7 Å². The summed E-state index contributed by atoms with van der Waals surface area (Å²) in [5.41, 5.74) is 8.24. The molecule has 2 aromatic rings. The Morgan fingerprint density at radius 2 is 1.88 bits per heavy atom. The van der Waals surface area contributed by atoms with E-state index in [1.54, 1.807) is 32.0 Å². The van der Waals surface area contributed by atoms with Gasteiger partial charge in [0.05, 0.1) is 23.4 Å². The molecule has 9 nitrogen and oxygen atoms in total. The summed E-state index contributed by atoms with van der Waals surface area (Å²) in [5.74, 6) is -1.31. The standard InChI is InChI=1S/C22H24Cl2N4O5/c1-12(2)19(27-21(30)13-7-8-15(23)16(24)9-13)22(31)28-26-10-14-5-4-6-17(32-3)20(14)33-11-18(25)29/h4-10,12,19H,11H2,1-3H3,(H2,25,29)(H,27,30)(H,28,31)/b26-10+. The number of hydrogen-bond donors (Lipinski definition) is 3. The lowest BCUT2D eigenvalue weighted by Gasteiger charge is -2.20. The molecule has 0 aromatic heterocycles. The predicted molar refractivity (Wildman–Crippen MR) is 126 cm³/mol. The number of rotatable bonds is 10. The van der Waals surface area contributed by atoms with Crippen LogP contribution in [0.15, 0.2) is 41.5 Å². The minimum Gasteiger partial charge on any atom is -0.493 e. The van der Waals surface area contributed by atoms with Crippen LogP contribution in [0.25, 0.3) is 0 Å². The van der Waals surface area contributed by atoms with E-state index in [2.05, 4.69) is 15.8 Å². The third kappa shape index (κ3) is 7.37. The van der Waals surface area contributed by atoms with Crippen molar-refractivity contribution in [2.45, 2.75) is 19.9 Å². The van der Waals surface area contributed by atoms with Crippen molar-refractivity contribution in [3.63, 3.8) is 0 Å². The molecule has 0 radical (unpaired) electrons. The number of carbonyl (C=O) groups excluding carboxylic acids is 3. The van der Waals surface area contributed by atoms with Crippen molar-refractivity contribution in [1.82, 2.24) is 10.7 Å². The SMILES string of the molecule is COc1cccc(/C=N/NC(=O)C(NC(=O)c2ccc(Cl)c(Cl)c2)C(C)C)c1OCC(N)=O. The molecule has 33 heavy (non-hydrogen) atoms. The molecule has 0 heterocycles. The molecular weight excluding hydrogens is 471 g/mol. The van der Waals surface area contributed by atoms with Gasteiger partial charge in [-0.15, -0.1) is 0 Å². The Balaban J connectivity index is 2.12. The summed E-state index contributed by atoms with van der Waals surface area (Å²) in [4.78, 5) is 36.3. The molecule has 1 atom stereocenters. The lowest BCUT2D eigenvalue weighted by atomic mass is 10.0. The van der Waals surface area contributed by atoms with Crippen molar-refractivity contribution in [2.24, 2.45) is 16.8 Å². The molecule has 0 bridgehead atoms. The van der Waals surface area contributed by atoms with Gasteiger partial charge in [0.1, 0.15) is 6.04 Å². The molecule has 1 unspecified atom stereocenters. The number of benzene rings is 2. The first-order valence-electron chi connectivity index (χ1n) is 9.81. The summed E-state index contributed by atoms with van der Waals surface area (Å²) in [7, 11) is 1.44. The quantitative estimate of drug-likeness (QED) is 0.345. The Bertz CT molecular complexity index is 1060. The highest BCUT2D eigenvalue weighted by Crippen LogP contribution is 2.30. The fourth-order valence-electron chi connectivity index (χ4n) is 2.72. The van der Waals surface area contributed by atoms with E-state index in [-0.39, 0.29) is 28.9 Å². The van der Waals surface area contributed by atoms with Crippen LogP contribution < -0.4 is 25.9 Å². The summed E-state index contributed by atoms with van der Waals surface area (Å²) in [6, 6.07) is 8.53. The van der Waals surface area contributed by atoms with Crippen molar-refractivity contribution < 1.29 is 23.9 Å². The Morgan fingerprint density at radius 3 is 2.48 bits per heavy atom. The summed E-state index contributed by atoms with van der Waals surface area (Å²) >= 11 is 11.8. The molecule has 3 amide bonds. The number of nitrogens with two attached hydrogens (primary N) is 1. The highest BCUT2D eigenvalue weighted by Gasteiger charge is 2.25. The van der Waals surface area contributed by atoms with Crippen molar-refractivity contribution >= 4 is 47.1 Å². The van der Waals surface area contributed by atoms with Gasteiger partial charge in [-0.2, -0.15) is 5.10 Å². The molecule has 0 aliphatic carbocycles. The summed E-state index contributed by atoms with van der Waals surface area (Å²) in [6.45, 7) is 3.20. The average Bonchev–Trinajstić information content (AvgIpc) is 2.77. The molecule has 2 rings (SSSR count). The molecule has 0 aliphatic heterocycles. The Morgan fingerprint density at radius 1 is 1.15 bits per heavy atom. The van der Waals surface area contributed by atoms with Gasteiger partial charge < -0.3 is 20.5 Å². The first kappa shape index (κ1) is 26.0. The van der Waals surface area contributed by atoms with Gasteiger partial charge in [0.15, 0.2) is 18.1 Å². The van der Waals surface area contributed by atoms with Gasteiger partial charge in [-0.25, -0.2) is 5.43 Å². The monoisotopic (exact) mass is 494 g/mol. The molecule has 11 heteroatoms. The largest absolute Gasteiger partial charge is 0.493 e. The van der Waals surface area contributed by atoms with Gasteiger partial charge in [-0.05, 0) is 36.2 Å². The highest BCUT2D eigenvalue weighted by molar-refractivity contribution is 6.42. The second-order valence-electron chi connectivity index (χ2n) is 7.19. The van der Waals surface area contributed by atoms with E-state index in [4.69, 9.17) is 38.4 Å². The number of nitrogens with one attached hydrogen (secondary N) is 2. The highest BCUT2D eigenvalue weighted by atomic mass is 35.5. The maximum absolute atomic E-state index is 12.7. The lowest BCUT2D eigenvalue weighted by Crippen LogP contribution is -2.48. The maximum Gasteiger partial charge on any atom is 0.262 e. The second-order valence-corrected chi connectivity index (χ2v) is 8.01. The van der Waals surface area contributed by atoms with Crippen LogP contribution in [-0.4, -0.2) is 43.7 Å². The molecule has 2 aromatic carbocycles. The number of methoxy groups -OCH3 is 1. The normalized spacial score (nSPS) is 11.8. The summed E-state index contributed by atoms with van der Waals surface area (Å²) in [6.07, 6.45) is 1.33. The molecule has 0 saturated heterocycles. The third-order valence-corrected chi connectivity index (χ3v) is 5.12. The number of halogens is 2. The number of primary amides is 1. The van der Waals surface area contributed by atoms with E-state index in [1.807, 2.05) is 0 Å².